The molecule has 0 saturated carbocycles. The molecule has 0 aliphatic carbocycles. The van der Waals surface area contributed by atoms with Gasteiger partial charge in [0.05, 0.1) is 36.0 Å². The maximum absolute atomic E-state index is 12.8. The highest BCUT2D eigenvalue weighted by Crippen LogP contribution is 2.42. The normalized spacial score (nSPS) is 21.6. The molecule has 10 heteroatoms. The Labute approximate surface area is 285 Å². The third-order valence-corrected chi connectivity index (χ3v) is 9.50. The van der Waals surface area contributed by atoms with Gasteiger partial charge >= 0.3 is 11.9 Å². The van der Waals surface area contributed by atoms with Gasteiger partial charge in [-0.2, -0.15) is 0 Å². The van der Waals surface area contributed by atoms with Crippen molar-refractivity contribution in [3.8, 4) is 0 Å². The number of amides is 1. The first-order valence-corrected chi connectivity index (χ1v) is 16.3. The van der Waals surface area contributed by atoms with Gasteiger partial charge in [-0.1, -0.05) is 85.8 Å². The highest BCUT2D eigenvalue weighted by atomic mass is 16.7. The van der Waals surface area contributed by atoms with Crippen LogP contribution in [0.15, 0.2) is 97.1 Å². The molecule has 2 aliphatic heterocycles. The Kier molecular flexibility index (Phi) is 10.3. The lowest BCUT2D eigenvalue weighted by atomic mass is 9.89. The van der Waals surface area contributed by atoms with Crippen molar-refractivity contribution in [2.75, 3.05) is 13.6 Å². The van der Waals surface area contributed by atoms with E-state index < -0.39 is 24.3 Å². The summed E-state index contributed by atoms with van der Waals surface area (Å²) in [4.78, 5) is 38.6. The quantitative estimate of drug-likeness (QED) is 0.145. The van der Waals surface area contributed by atoms with Gasteiger partial charge < -0.3 is 29.7 Å². The number of aliphatic hydroxyl groups is 2. The van der Waals surface area contributed by atoms with Crippen molar-refractivity contribution in [1.82, 2.24) is 10.2 Å². The lowest BCUT2D eigenvalue weighted by Gasteiger charge is -2.43. The minimum atomic E-state index is -0.760. The molecular formula is C39H40N2O8. The molecule has 0 aromatic heterocycles. The summed E-state index contributed by atoms with van der Waals surface area (Å²) in [6.45, 7) is 4.85. The first kappa shape index (κ1) is 34.2. The number of likely N-dealkylation sites (N-methyl/N-ethyl adjacent to an activating group) is 1. The van der Waals surface area contributed by atoms with Crippen LogP contribution in [0.5, 0.6) is 0 Å². The fraction of sp³-hybridized carbons (Fsp3) is 0.308. The maximum atomic E-state index is 12.8. The Balaban J connectivity index is 1.16. The van der Waals surface area contributed by atoms with Gasteiger partial charge in [0.25, 0.3) is 5.91 Å². The summed E-state index contributed by atoms with van der Waals surface area (Å²) in [5, 5.41) is 23.5. The van der Waals surface area contributed by atoms with E-state index in [4.69, 9.17) is 9.47 Å². The number of benzene rings is 4. The number of esters is 2. The van der Waals surface area contributed by atoms with Gasteiger partial charge in [-0.15, -0.1) is 0 Å². The second-order valence-corrected chi connectivity index (χ2v) is 12.7. The van der Waals surface area contributed by atoms with Crippen LogP contribution in [-0.2, 0) is 27.4 Å². The van der Waals surface area contributed by atoms with Gasteiger partial charge in [-0.25, -0.2) is 9.59 Å². The van der Waals surface area contributed by atoms with Crippen molar-refractivity contribution < 1.29 is 38.8 Å². The number of carbonyl (C=O) groups excluding carboxylic acids is 3. The Bertz CT molecular complexity index is 1790. The Morgan fingerprint density at radius 2 is 1.51 bits per heavy atom. The lowest BCUT2D eigenvalue weighted by Crippen LogP contribution is -2.46. The van der Waals surface area contributed by atoms with Gasteiger partial charge in [-0.05, 0) is 54.4 Å². The Hall–Kier alpha value is -4.71. The number of hydrogen-bond donors (Lipinski definition) is 3. The van der Waals surface area contributed by atoms with Crippen LogP contribution in [0.25, 0.3) is 0 Å². The summed E-state index contributed by atoms with van der Waals surface area (Å²) < 4.78 is 17.8. The van der Waals surface area contributed by atoms with E-state index >= 15 is 0 Å². The molecule has 49 heavy (non-hydrogen) atoms. The molecule has 1 amide bonds. The lowest BCUT2D eigenvalue weighted by molar-refractivity contribution is -0.276. The standard InChI is InChI=1S/C39H40N2O8/c1-23-33(21-41(3)24(2)34(43)27-7-5-4-6-8-27)47-39(48-35(23)28-13-11-26(22-42)12-14-28)29-15-9-25(10-16-29)20-40-36(44)30-17-18-31-32(19-30)38(46)49-37(31)45/h4-19,23-24,33-35,39,42-43H,20-22H2,1-3H3,(H,40,44)/t23-,24-,33+,34-,35+,39?/m0/s1. The fourth-order valence-electron chi connectivity index (χ4n) is 6.25. The molecule has 6 rings (SSSR count). The van der Waals surface area contributed by atoms with E-state index in [1.807, 2.05) is 92.8 Å². The van der Waals surface area contributed by atoms with Crippen LogP contribution in [0, 0.1) is 5.92 Å². The molecule has 254 valence electrons. The van der Waals surface area contributed by atoms with Gasteiger partial charge in [0.1, 0.15) is 0 Å². The first-order chi connectivity index (χ1) is 23.6. The third kappa shape index (κ3) is 7.49. The largest absolute Gasteiger partial charge is 0.392 e. The van der Waals surface area contributed by atoms with Gasteiger partial charge in [0.2, 0.25) is 0 Å². The van der Waals surface area contributed by atoms with Gasteiger partial charge in [-0.3, -0.25) is 9.69 Å². The van der Waals surface area contributed by atoms with Crippen LogP contribution < -0.4 is 5.32 Å². The molecule has 6 atom stereocenters. The molecule has 0 spiro atoms. The molecule has 0 radical (unpaired) electrons. The second kappa shape index (κ2) is 14.8. The van der Waals surface area contributed by atoms with Crippen LogP contribution in [0.3, 0.4) is 0 Å². The molecule has 2 heterocycles. The summed E-state index contributed by atoms with van der Waals surface area (Å²) in [5.41, 5.74) is 4.78. The van der Waals surface area contributed by atoms with Crippen molar-refractivity contribution in [1.29, 1.82) is 0 Å². The van der Waals surface area contributed by atoms with Gasteiger partial charge in [0.15, 0.2) is 6.29 Å². The zero-order valence-corrected chi connectivity index (χ0v) is 27.6. The Morgan fingerprint density at radius 3 is 2.20 bits per heavy atom. The van der Waals surface area contributed by atoms with Crippen LogP contribution >= 0.6 is 0 Å². The summed E-state index contributed by atoms with van der Waals surface area (Å²) in [6, 6.07) is 29.1. The number of carbonyl (C=O) groups is 3. The highest BCUT2D eigenvalue weighted by Gasteiger charge is 2.39. The minimum Gasteiger partial charge on any atom is -0.392 e. The van der Waals surface area contributed by atoms with Crippen LogP contribution in [-0.4, -0.2) is 58.7 Å². The minimum absolute atomic E-state index is 0.0339. The molecular weight excluding hydrogens is 624 g/mol. The van der Waals surface area contributed by atoms with Crippen LogP contribution in [0.1, 0.15) is 91.2 Å². The number of cyclic esters (lactones) is 2. The number of rotatable bonds is 11. The van der Waals surface area contributed by atoms with E-state index in [0.29, 0.717) is 6.54 Å². The predicted octanol–water partition coefficient (Wildman–Crippen LogP) is 5.26. The predicted molar refractivity (Wildman–Crippen MR) is 180 cm³/mol. The fourth-order valence-corrected chi connectivity index (χ4v) is 6.25. The zero-order valence-electron chi connectivity index (χ0n) is 27.6. The van der Waals surface area contributed by atoms with E-state index in [1.54, 1.807) is 0 Å². The zero-order chi connectivity index (χ0) is 34.7. The summed E-state index contributed by atoms with van der Waals surface area (Å²) in [6.07, 6.45) is -1.88. The van der Waals surface area contributed by atoms with Crippen molar-refractivity contribution in [2.45, 2.75) is 57.6 Å². The summed E-state index contributed by atoms with van der Waals surface area (Å²) >= 11 is 0. The van der Waals surface area contributed by atoms with E-state index in [0.717, 1.165) is 27.8 Å². The first-order valence-electron chi connectivity index (χ1n) is 16.3. The van der Waals surface area contributed by atoms with E-state index in [1.165, 1.54) is 18.2 Å². The number of aliphatic hydroxyl groups excluding tert-OH is 2. The molecule has 1 fully saturated rings. The molecule has 2 aliphatic rings. The molecule has 10 nitrogen and oxygen atoms in total. The number of fused-ring (bicyclic) bond motifs is 1. The van der Waals surface area contributed by atoms with E-state index in [2.05, 4.69) is 21.9 Å². The number of ether oxygens (including phenoxy) is 3. The number of nitrogens with zero attached hydrogens (tertiary/aromatic N) is 1. The van der Waals surface area contributed by atoms with Crippen molar-refractivity contribution in [2.24, 2.45) is 5.92 Å². The van der Waals surface area contributed by atoms with Crippen LogP contribution in [0.2, 0.25) is 0 Å². The second-order valence-electron chi connectivity index (χ2n) is 12.7. The number of hydrogen-bond acceptors (Lipinski definition) is 9. The van der Waals surface area contributed by atoms with Crippen molar-refractivity contribution in [3.05, 3.63) is 142 Å². The third-order valence-electron chi connectivity index (χ3n) is 9.50. The molecule has 1 saturated heterocycles. The average molecular weight is 665 g/mol. The summed E-state index contributed by atoms with van der Waals surface area (Å²) in [7, 11) is 1.99. The van der Waals surface area contributed by atoms with Gasteiger partial charge in [0, 0.05) is 36.2 Å². The number of nitrogens with one attached hydrogen (secondary N) is 1. The van der Waals surface area contributed by atoms with Crippen LogP contribution in [0.4, 0.5) is 0 Å². The van der Waals surface area contributed by atoms with E-state index in [9.17, 15) is 24.6 Å². The molecule has 4 aromatic rings. The molecule has 0 bridgehead atoms. The van der Waals surface area contributed by atoms with E-state index in [-0.39, 0.29) is 59.9 Å². The Morgan fingerprint density at radius 1 is 0.857 bits per heavy atom. The topological polar surface area (TPSA) is 135 Å². The smallest absolute Gasteiger partial charge is 0.346 e. The highest BCUT2D eigenvalue weighted by molar-refractivity contribution is 6.15. The van der Waals surface area contributed by atoms with Crippen molar-refractivity contribution in [3.63, 3.8) is 0 Å². The summed E-state index contributed by atoms with van der Waals surface area (Å²) in [5.74, 6) is -1.90. The van der Waals surface area contributed by atoms with Crippen molar-refractivity contribution >= 4 is 17.8 Å². The average Bonchev–Trinajstić information content (AvgIpc) is 3.43. The SMILES string of the molecule is C[C@H]1[C@@H](CN(C)[C@@H](C)[C@H](O)c2ccccc2)OC(c2ccc(CNC(=O)c3ccc4c(c3)C(=O)OC4=O)cc2)O[C@H]1c1ccc(CO)cc1. The maximum Gasteiger partial charge on any atom is 0.346 e. The molecule has 1 unspecified atom stereocenters. The monoisotopic (exact) mass is 664 g/mol. The molecule has 3 N–H and O–H groups in total. The molecule has 4 aromatic carbocycles.